The Hall–Kier alpha value is -1.35. The van der Waals surface area contributed by atoms with Gasteiger partial charge in [0.05, 0.1) is 0 Å². The van der Waals surface area contributed by atoms with Crippen LogP contribution in [-0.2, 0) is 21.4 Å². The molecule has 1 aromatic rings. The van der Waals surface area contributed by atoms with Crippen LogP contribution in [0.5, 0.6) is 0 Å². The topological polar surface area (TPSA) is 29.5 Å². The van der Waals surface area contributed by atoms with Gasteiger partial charge in [0.1, 0.15) is 0 Å². The minimum absolute atomic E-state index is 0.202. The standard InChI is InChI=1S/C21H31NO2/c1-24-16-7-5-12-20(23)22-15-8-14-21(17-22)13-6-4-10-18-9-2-3-11-19(18)21/h2-3,9,11H,4-8,10,12-17H2,1H3. The first-order valence-electron chi connectivity index (χ1n) is 9.60. The lowest BCUT2D eigenvalue weighted by Crippen LogP contribution is -2.48. The van der Waals surface area contributed by atoms with Crippen molar-refractivity contribution in [1.29, 1.82) is 0 Å². The van der Waals surface area contributed by atoms with Crippen molar-refractivity contribution in [3.05, 3.63) is 35.4 Å². The molecule has 1 aromatic carbocycles. The third-order valence-electron chi connectivity index (χ3n) is 5.86. The van der Waals surface area contributed by atoms with Gasteiger partial charge in [-0.15, -0.1) is 0 Å². The Balaban J connectivity index is 1.71. The van der Waals surface area contributed by atoms with Crippen molar-refractivity contribution in [2.24, 2.45) is 0 Å². The van der Waals surface area contributed by atoms with Crippen LogP contribution < -0.4 is 0 Å². The van der Waals surface area contributed by atoms with Gasteiger partial charge in [0, 0.05) is 38.6 Å². The van der Waals surface area contributed by atoms with E-state index in [0.717, 1.165) is 39.0 Å². The molecule has 0 saturated carbocycles. The number of aryl methyl sites for hydroxylation is 1. The number of methoxy groups -OCH3 is 1. The van der Waals surface area contributed by atoms with Crippen LogP contribution in [0.2, 0.25) is 0 Å². The maximum atomic E-state index is 12.7. The summed E-state index contributed by atoms with van der Waals surface area (Å²) in [6.45, 7) is 2.62. The van der Waals surface area contributed by atoms with Crippen LogP contribution >= 0.6 is 0 Å². The van der Waals surface area contributed by atoms with E-state index in [4.69, 9.17) is 4.74 Å². The summed E-state index contributed by atoms with van der Waals surface area (Å²) in [6.07, 6.45) is 9.95. The fraction of sp³-hybridized carbons (Fsp3) is 0.667. The number of piperidine rings is 1. The lowest BCUT2D eigenvalue weighted by atomic mass is 9.70. The average molecular weight is 329 g/mol. The van der Waals surface area contributed by atoms with Crippen molar-refractivity contribution in [2.75, 3.05) is 26.8 Å². The molecule has 132 valence electrons. The SMILES string of the molecule is COCCCCC(=O)N1CCCC2(CCCCc3ccccc32)C1. The molecule has 1 amide bonds. The molecule has 0 N–H and O–H groups in total. The summed E-state index contributed by atoms with van der Waals surface area (Å²) in [4.78, 5) is 14.8. The third kappa shape index (κ3) is 3.83. The van der Waals surface area contributed by atoms with Gasteiger partial charge in [-0.2, -0.15) is 0 Å². The first-order valence-corrected chi connectivity index (χ1v) is 9.60. The fourth-order valence-corrected chi connectivity index (χ4v) is 4.62. The van der Waals surface area contributed by atoms with E-state index in [1.54, 1.807) is 7.11 Å². The molecule has 3 rings (SSSR count). The normalized spacial score (nSPS) is 23.8. The van der Waals surface area contributed by atoms with E-state index >= 15 is 0 Å². The highest BCUT2D eigenvalue weighted by molar-refractivity contribution is 5.76. The molecule has 1 unspecified atom stereocenters. The zero-order valence-electron chi connectivity index (χ0n) is 15.1. The van der Waals surface area contributed by atoms with Gasteiger partial charge in [-0.1, -0.05) is 30.7 Å². The molecule has 3 heteroatoms. The molecule has 1 fully saturated rings. The van der Waals surface area contributed by atoms with Gasteiger partial charge in [0.2, 0.25) is 5.91 Å². The number of carbonyl (C=O) groups is 1. The molecule has 24 heavy (non-hydrogen) atoms. The number of amides is 1. The molecule has 1 heterocycles. The number of rotatable bonds is 5. The summed E-state index contributed by atoms with van der Waals surface area (Å²) in [5, 5.41) is 0. The smallest absolute Gasteiger partial charge is 0.222 e. The van der Waals surface area contributed by atoms with E-state index < -0.39 is 0 Å². The Kier molecular flexibility index (Phi) is 5.94. The highest BCUT2D eigenvalue weighted by atomic mass is 16.5. The molecule has 0 bridgehead atoms. The second kappa shape index (κ2) is 8.15. The van der Waals surface area contributed by atoms with Crippen LogP contribution in [-0.4, -0.2) is 37.6 Å². The summed E-state index contributed by atoms with van der Waals surface area (Å²) in [5.74, 6) is 0.340. The number of benzene rings is 1. The Morgan fingerprint density at radius 1 is 1.17 bits per heavy atom. The number of likely N-dealkylation sites (tertiary alicyclic amines) is 1. The molecule has 1 aliphatic heterocycles. The van der Waals surface area contributed by atoms with Crippen LogP contribution in [0.4, 0.5) is 0 Å². The number of fused-ring (bicyclic) bond motifs is 2. The molecular formula is C21H31NO2. The van der Waals surface area contributed by atoms with Gasteiger partial charge >= 0.3 is 0 Å². The van der Waals surface area contributed by atoms with Crippen LogP contribution in [0.1, 0.15) is 62.5 Å². The van der Waals surface area contributed by atoms with Crippen LogP contribution in [0.15, 0.2) is 24.3 Å². The Morgan fingerprint density at radius 2 is 2.00 bits per heavy atom. The van der Waals surface area contributed by atoms with E-state index in [-0.39, 0.29) is 5.41 Å². The minimum Gasteiger partial charge on any atom is -0.385 e. The number of ether oxygens (including phenoxy) is 1. The molecule has 1 saturated heterocycles. The van der Waals surface area contributed by atoms with Crippen molar-refractivity contribution in [3.8, 4) is 0 Å². The summed E-state index contributed by atoms with van der Waals surface area (Å²) < 4.78 is 5.09. The van der Waals surface area contributed by atoms with Crippen LogP contribution in [0.3, 0.4) is 0 Å². The summed E-state index contributed by atoms with van der Waals surface area (Å²) in [7, 11) is 1.72. The molecule has 3 nitrogen and oxygen atoms in total. The average Bonchev–Trinajstić information content (AvgIpc) is 2.79. The lowest BCUT2D eigenvalue weighted by molar-refractivity contribution is -0.133. The maximum absolute atomic E-state index is 12.7. The summed E-state index contributed by atoms with van der Waals surface area (Å²) >= 11 is 0. The third-order valence-corrected chi connectivity index (χ3v) is 5.86. The Labute approximate surface area is 146 Å². The van der Waals surface area contributed by atoms with E-state index in [2.05, 4.69) is 29.2 Å². The zero-order valence-corrected chi connectivity index (χ0v) is 15.1. The largest absolute Gasteiger partial charge is 0.385 e. The highest BCUT2D eigenvalue weighted by Gasteiger charge is 2.40. The number of hydrogen-bond acceptors (Lipinski definition) is 2. The summed E-state index contributed by atoms with van der Waals surface area (Å²) in [6, 6.07) is 8.97. The Morgan fingerprint density at radius 3 is 2.88 bits per heavy atom. The second-order valence-corrected chi connectivity index (χ2v) is 7.51. The van der Waals surface area contributed by atoms with Crippen molar-refractivity contribution in [1.82, 2.24) is 4.90 Å². The van der Waals surface area contributed by atoms with Gasteiger partial charge in [-0.3, -0.25) is 4.79 Å². The fourth-order valence-electron chi connectivity index (χ4n) is 4.62. The first kappa shape index (κ1) is 17.5. The van der Waals surface area contributed by atoms with E-state index in [9.17, 15) is 4.79 Å². The number of unbranched alkanes of at least 4 members (excludes halogenated alkanes) is 1. The number of carbonyl (C=O) groups excluding carboxylic acids is 1. The maximum Gasteiger partial charge on any atom is 0.222 e. The molecular weight excluding hydrogens is 298 g/mol. The predicted octanol–water partition coefficient (Wildman–Crippen LogP) is 4.09. The molecule has 1 atom stereocenters. The monoisotopic (exact) mass is 329 g/mol. The van der Waals surface area contributed by atoms with Crippen LogP contribution in [0, 0.1) is 0 Å². The van der Waals surface area contributed by atoms with Crippen molar-refractivity contribution < 1.29 is 9.53 Å². The first-order chi connectivity index (χ1) is 11.7. The van der Waals surface area contributed by atoms with Gasteiger partial charge in [0.25, 0.3) is 0 Å². The van der Waals surface area contributed by atoms with Gasteiger partial charge in [0.15, 0.2) is 0 Å². The molecule has 0 radical (unpaired) electrons. The lowest BCUT2D eigenvalue weighted by Gasteiger charge is -2.44. The van der Waals surface area contributed by atoms with E-state index in [1.807, 2.05) is 0 Å². The second-order valence-electron chi connectivity index (χ2n) is 7.51. The van der Waals surface area contributed by atoms with E-state index in [1.165, 1.54) is 43.2 Å². The van der Waals surface area contributed by atoms with E-state index in [0.29, 0.717) is 12.3 Å². The van der Waals surface area contributed by atoms with Gasteiger partial charge in [-0.25, -0.2) is 0 Å². The molecule has 1 aliphatic carbocycles. The van der Waals surface area contributed by atoms with Gasteiger partial charge in [-0.05, 0) is 56.1 Å². The number of hydrogen-bond donors (Lipinski definition) is 0. The molecule has 1 spiro atoms. The summed E-state index contributed by atoms with van der Waals surface area (Å²) in [5.41, 5.74) is 3.25. The molecule has 2 aliphatic rings. The minimum atomic E-state index is 0.202. The Bertz CT molecular complexity index is 557. The van der Waals surface area contributed by atoms with Gasteiger partial charge < -0.3 is 9.64 Å². The van der Waals surface area contributed by atoms with Crippen molar-refractivity contribution >= 4 is 5.91 Å². The highest BCUT2D eigenvalue weighted by Crippen LogP contribution is 2.42. The number of nitrogens with zero attached hydrogens (tertiary/aromatic N) is 1. The van der Waals surface area contributed by atoms with Crippen molar-refractivity contribution in [3.63, 3.8) is 0 Å². The quantitative estimate of drug-likeness (QED) is 0.762. The predicted molar refractivity (Wildman–Crippen MR) is 97.2 cm³/mol. The molecule has 0 aromatic heterocycles. The van der Waals surface area contributed by atoms with Crippen LogP contribution in [0.25, 0.3) is 0 Å². The zero-order chi connectivity index (χ0) is 16.8. The van der Waals surface area contributed by atoms with Crippen molar-refractivity contribution in [2.45, 2.75) is 63.2 Å².